The van der Waals surface area contributed by atoms with E-state index in [-0.39, 0.29) is 17.6 Å². The van der Waals surface area contributed by atoms with Crippen LogP contribution in [0.15, 0.2) is 24.3 Å². The third-order valence-corrected chi connectivity index (χ3v) is 5.99. The highest BCUT2D eigenvalue weighted by atomic mass is 35.5. The van der Waals surface area contributed by atoms with Crippen molar-refractivity contribution in [3.8, 4) is 0 Å². The quantitative estimate of drug-likeness (QED) is 0.801. The standard InChI is InChI=1S/C13H16Cl2O2S/c14-8-12(11-5-6-18(16,17)9-11)7-10-1-3-13(15)4-2-10/h1-4,11-12H,5-9H2. The van der Waals surface area contributed by atoms with E-state index >= 15 is 0 Å². The zero-order chi connectivity index (χ0) is 13.2. The molecule has 2 unspecified atom stereocenters. The van der Waals surface area contributed by atoms with E-state index in [0.29, 0.717) is 16.7 Å². The maximum Gasteiger partial charge on any atom is 0.150 e. The number of hydrogen-bond acceptors (Lipinski definition) is 2. The first kappa shape index (κ1) is 14.2. The van der Waals surface area contributed by atoms with Gasteiger partial charge < -0.3 is 0 Å². The molecule has 1 saturated heterocycles. The first-order chi connectivity index (χ1) is 8.50. The van der Waals surface area contributed by atoms with E-state index in [1.807, 2.05) is 24.3 Å². The third-order valence-electron chi connectivity index (χ3n) is 3.54. The van der Waals surface area contributed by atoms with Crippen LogP contribution in [0, 0.1) is 11.8 Å². The van der Waals surface area contributed by atoms with Crippen molar-refractivity contribution in [3.63, 3.8) is 0 Å². The van der Waals surface area contributed by atoms with E-state index < -0.39 is 9.84 Å². The van der Waals surface area contributed by atoms with Crippen LogP contribution in [0.5, 0.6) is 0 Å². The first-order valence-electron chi connectivity index (χ1n) is 6.01. The molecule has 2 nitrogen and oxygen atoms in total. The molecule has 0 N–H and O–H groups in total. The van der Waals surface area contributed by atoms with E-state index in [0.717, 1.165) is 18.4 Å². The van der Waals surface area contributed by atoms with Gasteiger partial charge in [0.2, 0.25) is 0 Å². The number of sulfone groups is 1. The minimum Gasteiger partial charge on any atom is -0.229 e. The van der Waals surface area contributed by atoms with Crippen molar-refractivity contribution in [2.75, 3.05) is 17.4 Å². The molecule has 1 aliphatic rings. The Balaban J connectivity index is 2.04. The lowest BCUT2D eigenvalue weighted by Gasteiger charge is -2.20. The van der Waals surface area contributed by atoms with Gasteiger partial charge in [0, 0.05) is 10.9 Å². The Morgan fingerprint density at radius 2 is 1.94 bits per heavy atom. The zero-order valence-electron chi connectivity index (χ0n) is 9.98. The van der Waals surface area contributed by atoms with Crippen LogP contribution in [0.25, 0.3) is 0 Å². The Morgan fingerprint density at radius 1 is 1.28 bits per heavy atom. The number of halogens is 2. The molecule has 1 aromatic carbocycles. The van der Waals surface area contributed by atoms with Crippen LogP contribution in [0.3, 0.4) is 0 Å². The SMILES string of the molecule is O=S1(=O)CCC(C(CCl)Cc2ccc(Cl)cc2)C1. The predicted molar refractivity (Wildman–Crippen MR) is 76.1 cm³/mol. The molecule has 0 amide bonds. The van der Waals surface area contributed by atoms with Crippen LogP contribution in [0.2, 0.25) is 5.02 Å². The van der Waals surface area contributed by atoms with Gasteiger partial charge in [-0.15, -0.1) is 11.6 Å². The lowest BCUT2D eigenvalue weighted by molar-refractivity contribution is 0.398. The molecule has 2 rings (SSSR count). The summed E-state index contributed by atoms with van der Waals surface area (Å²) in [6.07, 6.45) is 1.56. The number of rotatable bonds is 4. The van der Waals surface area contributed by atoms with E-state index in [1.165, 1.54) is 0 Å². The van der Waals surface area contributed by atoms with Gasteiger partial charge in [0.1, 0.15) is 0 Å². The van der Waals surface area contributed by atoms with Crippen molar-refractivity contribution in [1.82, 2.24) is 0 Å². The molecule has 100 valence electrons. The van der Waals surface area contributed by atoms with Gasteiger partial charge in [0.05, 0.1) is 11.5 Å². The van der Waals surface area contributed by atoms with E-state index in [2.05, 4.69) is 0 Å². The largest absolute Gasteiger partial charge is 0.229 e. The van der Waals surface area contributed by atoms with Gasteiger partial charge >= 0.3 is 0 Å². The molecule has 1 aliphatic heterocycles. The van der Waals surface area contributed by atoms with Crippen molar-refractivity contribution in [2.24, 2.45) is 11.8 Å². The molecular weight excluding hydrogens is 291 g/mol. The molecule has 5 heteroatoms. The smallest absolute Gasteiger partial charge is 0.150 e. The highest BCUT2D eigenvalue weighted by Gasteiger charge is 2.33. The summed E-state index contributed by atoms with van der Waals surface area (Å²) in [5, 5.41) is 0.713. The summed E-state index contributed by atoms with van der Waals surface area (Å²) >= 11 is 11.8. The highest BCUT2D eigenvalue weighted by molar-refractivity contribution is 7.91. The van der Waals surface area contributed by atoms with Crippen molar-refractivity contribution >= 4 is 33.0 Å². The molecule has 0 aromatic heterocycles. The van der Waals surface area contributed by atoms with Gasteiger partial charge in [-0.3, -0.25) is 0 Å². The molecule has 18 heavy (non-hydrogen) atoms. The topological polar surface area (TPSA) is 34.1 Å². The average Bonchev–Trinajstić information content (AvgIpc) is 2.69. The monoisotopic (exact) mass is 306 g/mol. The van der Waals surface area contributed by atoms with E-state index in [1.54, 1.807) is 0 Å². The van der Waals surface area contributed by atoms with Crippen LogP contribution in [-0.2, 0) is 16.3 Å². The Kier molecular flexibility index (Phi) is 4.57. The van der Waals surface area contributed by atoms with Gasteiger partial charge in [-0.25, -0.2) is 8.42 Å². The van der Waals surface area contributed by atoms with Crippen molar-refractivity contribution in [1.29, 1.82) is 0 Å². The van der Waals surface area contributed by atoms with Crippen LogP contribution >= 0.6 is 23.2 Å². The molecule has 0 radical (unpaired) electrons. The predicted octanol–water partition coefficient (Wildman–Crippen LogP) is 3.17. The summed E-state index contributed by atoms with van der Waals surface area (Å²) in [4.78, 5) is 0. The number of hydrogen-bond donors (Lipinski definition) is 0. The van der Waals surface area contributed by atoms with Gasteiger partial charge in [-0.05, 0) is 42.4 Å². The normalized spacial score (nSPS) is 24.0. The summed E-state index contributed by atoms with van der Waals surface area (Å²) < 4.78 is 23.0. The maximum atomic E-state index is 11.5. The maximum absolute atomic E-state index is 11.5. The molecule has 1 aromatic rings. The molecule has 2 atom stereocenters. The molecule has 1 fully saturated rings. The lowest BCUT2D eigenvalue weighted by Crippen LogP contribution is -2.20. The fourth-order valence-electron chi connectivity index (χ4n) is 2.47. The fourth-order valence-corrected chi connectivity index (χ4v) is 4.87. The van der Waals surface area contributed by atoms with Crippen LogP contribution in [0.1, 0.15) is 12.0 Å². The van der Waals surface area contributed by atoms with Crippen LogP contribution < -0.4 is 0 Å². The Labute approximate surface area is 118 Å². The molecule has 0 spiro atoms. The molecule has 0 aliphatic carbocycles. The Hall–Kier alpha value is -0.250. The lowest BCUT2D eigenvalue weighted by atomic mass is 9.88. The second-order valence-electron chi connectivity index (χ2n) is 4.91. The minimum atomic E-state index is -2.83. The fraction of sp³-hybridized carbons (Fsp3) is 0.538. The van der Waals surface area contributed by atoms with Crippen molar-refractivity contribution < 1.29 is 8.42 Å². The first-order valence-corrected chi connectivity index (χ1v) is 8.74. The van der Waals surface area contributed by atoms with Gasteiger partial charge in [0.15, 0.2) is 9.84 Å². The third kappa shape index (κ3) is 3.62. The van der Waals surface area contributed by atoms with E-state index in [4.69, 9.17) is 23.2 Å². The second kappa shape index (κ2) is 5.81. The van der Waals surface area contributed by atoms with Crippen LogP contribution in [0.4, 0.5) is 0 Å². The van der Waals surface area contributed by atoms with Crippen molar-refractivity contribution in [2.45, 2.75) is 12.8 Å². The summed E-state index contributed by atoms with van der Waals surface area (Å²) in [5.41, 5.74) is 1.16. The zero-order valence-corrected chi connectivity index (χ0v) is 12.3. The van der Waals surface area contributed by atoms with Gasteiger partial charge in [-0.1, -0.05) is 23.7 Å². The Morgan fingerprint density at radius 3 is 2.44 bits per heavy atom. The van der Waals surface area contributed by atoms with Crippen LogP contribution in [-0.4, -0.2) is 25.8 Å². The summed E-state index contributed by atoms with van der Waals surface area (Å²) in [7, 11) is -2.83. The van der Waals surface area contributed by atoms with Gasteiger partial charge in [-0.2, -0.15) is 0 Å². The molecule has 0 saturated carbocycles. The van der Waals surface area contributed by atoms with Gasteiger partial charge in [0.25, 0.3) is 0 Å². The van der Waals surface area contributed by atoms with E-state index in [9.17, 15) is 8.42 Å². The second-order valence-corrected chi connectivity index (χ2v) is 7.88. The number of alkyl halides is 1. The summed E-state index contributed by atoms with van der Waals surface area (Å²) in [6, 6.07) is 7.66. The van der Waals surface area contributed by atoms with Crippen molar-refractivity contribution in [3.05, 3.63) is 34.9 Å². The minimum absolute atomic E-state index is 0.197. The Bertz CT molecular complexity index is 496. The average molecular weight is 307 g/mol. The summed E-state index contributed by atoms with van der Waals surface area (Å²) in [5.74, 6) is 1.53. The molecular formula is C13H16Cl2O2S. The number of benzene rings is 1. The highest BCUT2D eigenvalue weighted by Crippen LogP contribution is 2.29. The molecule has 1 heterocycles. The molecule has 0 bridgehead atoms. The summed E-state index contributed by atoms with van der Waals surface area (Å²) in [6.45, 7) is 0.